The molecule has 0 radical (unpaired) electrons. The zero-order valence-corrected chi connectivity index (χ0v) is 7.89. The van der Waals surface area contributed by atoms with E-state index >= 15 is 0 Å². The lowest BCUT2D eigenvalue weighted by molar-refractivity contribution is -0.135. The van der Waals surface area contributed by atoms with E-state index in [1.807, 2.05) is 0 Å². The number of hydrogen-bond acceptors (Lipinski definition) is 4. The Morgan fingerprint density at radius 2 is 1.58 bits per heavy atom. The van der Waals surface area contributed by atoms with Gasteiger partial charge in [0.1, 0.15) is 0 Å². The molecule has 0 bridgehead atoms. The Kier molecular flexibility index (Phi) is 1.96. The van der Waals surface area contributed by atoms with E-state index in [2.05, 4.69) is 10.6 Å². The van der Waals surface area contributed by atoms with Crippen LogP contribution >= 0.6 is 23.5 Å². The molecule has 2 aliphatic rings. The number of carbonyl (C=O) groups excluding carboxylic acids is 2. The maximum absolute atomic E-state index is 10.9. The van der Waals surface area contributed by atoms with Gasteiger partial charge in [-0.05, 0) is 17.9 Å². The van der Waals surface area contributed by atoms with Gasteiger partial charge >= 0.3 is 11.8 Å². The van der Waals surface area contributed by atoms with Crippen molar-refractivity contribution in [3.63, 3.8) is 0 Å². The molecule has 2 rings (SSSR count). The van der Waals surface area contributed by atoms with Gasteiger partial charge in [-0.1, -0.05) is 0 Å². The summed E-state index contributed by atoms with van der Waals surface area (Å²) in [6, 6.07) is 0. The fraction of sp³-hybridized carbons (Fsp3) is 0.667. The van der Waals surface area contributed by atoms with Gasteiger partial charge < -0.3 is 10.6 Å². The van der Waals surface area contributed by atoms with Gasteiger partial charge in [-0.2, -0.15) is 0 Å². The van der Waals surface area contributed by atoms with Crippen LogP contribution in [0, 0.1) is 0 Å². The molecule has 4 nitrogen and oxygen atoms in total. The van der Waals surface area contributed by atoms with E-state index in [0.717, 1.165) is 17.9 Å². The van der Waals surface area contributed by atoms with Gasteiger partial charge in [-0.3, -0.25) is 9.59 Å². The average molecular weight is 204 g/mol. The first kappa shape index (κ1) is 8.25. The molecule has 0 aromatic rings. The second kappa shape index (κ2) is 2.85. The Morgan fingerprint density at radius 3 is 2.08 bits per heavy atom. The third-order valence-electron chi connectivity index (χ3n) is 1.66. The van der Waals surface area contributed by atoms with Crippen molar-refractivity contribution in [1.82, 2.24) is 10.6 Å². The van der Waals surface area contributed by atoms with Crippen LogP contribution in [0.3, 0.4) is 0 Å². The van der Waals surface area contributed by atoms with E-state index in [1.165, 1.54) is 0 Å². The molecule has 2 N–H and O–H groups in total. The van der Waals surface area contributed by atoms with Gasteiger partial charge in [0, 0.05) is 0 Å². The summed E-state index contributed by atoms with van der Waals surface area (Å²) in [7, 11) is 0. The van der Waals surface area contributed by atoms with E-state index in [-0.39, 0.29) is 0 Å². The van der Waals surface area contributed by atoms with Gasteiger partial charge in [0.15, 0.2) is 0 Å². The molecule has 0 aromatic carbocycles. The predicted molar refractivity (Wildman–Crippen MR) is 48.5 cm³/mol. The van der Waals surface area contributed by atoms with Crippen LogP contribution in [0.2, 0.25) is 0 Å². The van der Waals surface area contributed by atoms with Gasteiger partial charge in [-0.15, -0.1) is 23.5 Å². The van der Waals surface area contributed by atoms with Gasteiger partial charge in [0.2, 0.25) is 4.33 Å². The minimum absolute atomic E-state index is 0.517. The second-order valence-corrected chi connectivity index (χ2v) is 5.45. The van der Waals surface area contributed by atoms with Crippen molar-refractivity contribution in [2.24, 2.45) is 0 Å². The van der Waals surface area contributed by atoms with Gasteiger partial charge in [0.25, 0.3) is 0 Å². The molecule has 66 valence electrons. The number of amides is 2. The molecule has 0 aliphatic carbocycles. The van der Waals surface area contributed by atoms with Crippen LogP contribution in [-0.4, -0.2) is 27.6 Å². The van der Waals surface area contributed by atoms with Crippen LogP contribution in [0.4, 0.5) is 0 Å². The fourth-order valence-electron chi connectivity index (χ4n) is 1.12. The first-order chi connectivity index (χ1) is 5.72. The van der Waals surface area contributed by atoms with Crippen LogP contribution in [0.1, 0.15) is 6.42 Å². The Balaban J connectivity index is 2.12. The normalized spacial score (nSPS) is 27.0. The molecule has 6 heteroatoms. The zero-order chi connectivity index (χ0) is 8.60. The Morgan fingerprint density at radius 1 is 1.08 bits per heavy atom. The third kappa shape index (κ3) is 1.29. The monoisotopic (exact) mass is 204 g/mol. The van der Waals surface area contributed by atoms with Crippen molar-refractivity contribution in [2.75, 3.05) is 11.5 Å². The Labute approximate surface area is 78.2 Å². The minimum atomic E-state index is -0.549. The minimum Gasteiger partial charge on any atom is -0.308 e. The van der Waals surface area contributed by atoms with E-state index in [4.69, 9.17) is 0 Å². The van der Waals surface area contributed by atoms with Crippen LogP contribution in [0.5, 0.6) is 0 Å². The van der Waals surface area contributed by atoms with Crippen molar-refractivity contribution in [3.8, 4) is 0 Å². The maximum atomic E-state index is 10.9. The summed E-state index contributed by atoms with van der Waals surface area (Å²) in [5.74, 6) is 0.926. The lowest BCUT2D eigenvalue weighted by Crippen LogP contribution is -2.45. The zero-order valence-electron chi connectivity index (χ0n) is 6.25. The molecule has 0 saturated carbocycles. The van der Waals surface area contributed by atoms with Crippen molar-refractivity contribution in [2.45, 2.75) is 10.7 Å². The molecule has 1 spiro atoms. The highest BCUT2D eigenvalue weighted by atomic mass is 32.2. The molecule has 2 heterocycles. The molecule has 12 heavy (non-hydrogen) atoms. The highest BCUT2D eigenvalue weighted by Gasteiger charge is 2.44. The number of nitrogens with one attached hydrogen (secondary N) is 2. The summed E-state index contributed by atoms with van der Waals surface area (Å²) in [5.41, 5.74) is 0. The van der Waals surface area contributed by atoms with E-state index in [9.17, 15) is 9.59 Å². The SMILES string of the molecule is O=C1NC2(NC1=O)SCCCS2. The molecule has 2 aliphatic heterocycles. The topological polar surface area (TPSA) is 58.2 Å². The summed E-state index contributed by atoms with van der Waals surface area (Å²) in [4.78, 5) is 21.8. The van der Waals surface area contributed by atoms with Crippen LogP contribution in [-0.2, 0) is 9.59 Å². The van der Waals surface area contributed by atoms with Crippen molar-refractivity contribution < 1.29 is 9.59 Å². The van der Waals surface area contributed by atoms with Crippen molar-refractivity contribution >= 4 is 35.3 Å². The summed E-state index contributed by atoms with van der Waals surface area (Å²) in [5, 5.41) is 5.29. The molecule has 2 saturated heterocycles. The molecule has 0 unspecified atom stereocenters. The molecule has 0 atom stereocenters. The first-order valence-corrected chi connectivity index (χ1v) is 5.62. The van der Waals surface area contributed by atoms with E-state index in [0.29, 0.717) is 0 Å². The maximum Gasteiger partial charge on any atom is 0.312 e. The summed E-state index contributed by atoms with van der Waals surface area (Å²) in [6.45, 7) is 0. The number of carbonyl (C=O) groups is 2. The van der Waals surface area contributed by atoms with E-state index in [1.54, 1.807) is 23.5 Å². The van der Waals surface area contributed by atoms with Gasteiger partial charge in [0.05, 0.1) is 0 Å². The molecular weight excluding hydrogens is 196 g/mol. The molecule has 0 aromatic heterocycles. The first-order valence-electron chi connectivity index (χ1n) is 3.64. The Hall–Kier alpha value is -0.360. The number of rotatable bonds is 0. The highest BCUT2D eigenvalue weighted by molar-refractivity contribution is 8.18. The third-order valence-corrected chi connectivity index (χ3v) is 4.58. The average Bonchev–Trinajstić information content (AvgIpc) is 2.29. The second-order valence-electron chi connectivity index (χ2n) is 2.58. The lowest BCUT2D eigenvalue weighted by atomic mass is 10.6. The quantitative estimate of drug-likeness (QED) is 0.533. The van der Waals surface area contributed by atoms with Gasteiger partial charge in [-0.25, -0.2) is 0 Å². The fourth-order valence-corrected chi connectivity index (χ4v) is 3.95. The lowest BCUT2D eigenvalue weighted by Gasteiger charge is -2.30. The van der Waals surface area contributed by atoms with Crippen LogP contribution in [0.25, 0.3) is 0 Å². The molecule has 2 amide bonds. The summed E-state index contributed by atoms with van der Waals surface area (Å²) >= 11 is 3.16. The van der Waals surface area contributed by atoms with Crippen LogP contribution < -0.4 is 10.6 Å². The standard InChI is InChI=1S/C6H8N2O2S2/c9-4-5(10)8-6(7-4)11-2-1-3-12-6/h1-3H2,(H,7,9)(H,8,10). The molecule has 2 fully saturated rings. The van der Waals surface area contributed by atoms with Crippen LogP contribution in [0.15, 0.2) is 0 Å². The number of thioether (sulfide) groups is 2. The van der Waals surface area contributed by atoms with Crippen molar-refractivity contribution in [3.05, 3.63) is 0 Å². The van der Waals surface area contributed by atoms with E-state index < -0.39 is 16.1 Å². The highest BCUT2D eigenvalue weighted by Crippen LogP contribution is 2.39. The summed E-state index contributed by atoms with van der Waals surface area (Å²) in [6.07, 6.45) is 1.13. The largest absolute Gasteiger partial charge is 0.312 e. The molecular formula is C6H8N2O2S2. The predicted octanol–water partition coefficient (Wildman–Crippen LogP) is -0.286. The summed E-state index contributed by atoms with van der Waals surface area (Å²) < 4.78 is -0.549. The smallest absolute Gasteiger partial charge is 0.308 e. The Bertz CT molecular complexity index is 220. The van der Waals surface area contributed by atoms with Crippen molar-refractivity contribution in [1.29, 1.82) is 0 Å². The number of hydrogen-bond donors (Lipinski definition) is 2.